The van der Waals surface area contributed by atoms with Crippen LogP contribution in [-0.4, -0.2) is 4.98 Å². The van der Waals surface area contributed by atoms with Crippen LogP contribution in [0.2, 0.25) is 5.15 Å². The minimum Gasteiger partial charge on any atom is -0.381 e. The zero-order chi connectivity index (χ0) is 11.4. The third kappa shape index (κ3) is 2.94. The first-order valence-corrected chi connectivity index (χ1v) is 5.22. The fourth-order valence-corrected chi connectivity index (χ4v) is 1.49. The molecule has 0 atom stereocenters. The van der Waals surface area contributed by atoms with Gasteiger partial charge in [0.15, 0.2) is 0 Å². The highest BCUT2D eigenvalue weighted by Crippen LogP contribution is 2.13. The molecule has 1 heterocycles. The minimum absolute atomic E-state index is 0.226. The molecular weight excluding hydrogens is 227 g/mol. The lowest BCUT2D eigenvalue weighted by molar-refractivity contribution is 0.627. The number of nitrogens with zero attached hydrogens (tertiary/aromatic N) is 1. The second kappa shape index (κ2) is 4.94. The van der Waals surface area contributed by atoms with E-state index in [1.54, 1.807) is 24.4 Å². The number of nitrogens with one attached hydrogen (secondary N) is 1. The molecule has 0 aliphatic heterocycles. The van der Waals surface area contributed by atoms with Gasteiger partial charge in [-0.05, 0) is 29.8 Å². The van der Waals surface area contributed by atoms with Crippen LogP contribution in [0.25, 0.3) is 0 Å². The van der Waals surface area contributed by atoms with E-state index in [9.17, 15) is 4.39 Å². The van der Waals surface area contributed by atoms with Gasteiger partial charge in [0.2, 0.25) is 0 Å². The predicted molar refractivity (Wildman–Crippen MR) is 63.0 cm³/mol. The number of aromatic nitrogens is 1. The highest BCUT2D eigenvalue weighted by atomic mass is 35.5. The Hall–Kier alpha value is -1.61. The second-order valence-corrected chi connectivity index (χ2v) is 3.73. The van der Waals surface area contributed by atoms with Crippen LogP contribution in [0.3, 0.4) is 0 Å². The maximum atomic E-state index is 12.7. The third-order valence-corrected chi connectivity index (χ3v) is 2.34. The summed E-state index contributed by atoms with van der Waals surface area (Å²) in [5, 5.41) is 3.62. The van der Waals surface area contributed by atoms with Crippen molar-refractivity contribution in [3.63, 3.8) is 0 Å². The Balaban J connectivity index is 1.99. The van der Waals surface area contributed by atoms with Crippen LogP contribution in [0.4, 0.5) is 10.1 Å². The normalized spacial score (nSPS) is 10.1. The van der Waals surface area contributed by atoms with Gasteiger partial charge in [-0.25, -0.2) is 9.37 Å². The first-order chi connectivity index (χ1) is 7.74. The highest BCUT2D eigenvalue weighted by molar-refractivity contribution is 6.29. The summed E-state index contributed by atoms with van der Waals surface area (Å²) in [5.74, 6) is -0.226. The fourth-order valence-electron chi connectivity index (χ4n) is 1.32. The minimum atomic E-state index is -0.226. The standard InChI is InChI=1S/C12H10ClFN2/c13-12-7-11(5-6-15-12)16-8-9-1-3-10(14)4-2-9/h1-7H,8H2,(H,15,16). The largest absolute Gasteiger partial charge is 0.381 e. The van der Waals surface area contributed by atoms with Crippen molar-refractivity contribution in [2.75, 3.05) is 5.32 Å². The quantitative estimate of drug-likeness (QED) is 0.826. The fraction of sp³-hybridized carbons (Fsp3) is 0.0833. The molecule has 4 heteroatoms. The molecule has 0 fully saturated rings. The molecule has 0 amide bonds. The SMILES string of the molecule is Fc1ccc(CNc2ccnc(Cl)c2)cc1. The summed E-state index contributed by atoms with van der Waals surface area (Å²) < 4.78 is 12.7. The molecule has 0 unspecified atom stereocenters. The van der Waals surface area contributed by atoms with Crippen molar-refractivity contribution in [2.45, 2.75) is 6.54 Å². The monoisotopic (exact) mass is 236 g/mol. The first kappa shape index (κ1) is 10.9. The summed E-state index contributed by atoms with van der Waals surface area (Å²) in [7, 11) is 0. The van der Waals surface area contributed by atoms with Gasteiger partial charge in [-0.2, -0.15) is 0 Å². The lowest BCUT2D eigenvalue weighted by Crippen LogP contribution is -1.99. The third-order valence-electron chi connectivity index (χ3n) is 2.14. The van der Waals surface area contributed by atoms with Gasteiger partial charge in [0.1, 0.15) is 11.0 Å². The number of hydrogen-bond acceptors (Lipinski definition) is 2. The summed E-state index contributed by atoms with van der Waals surface area (Å²) in [5.41, 5.74) is 1.90. The van der Waals surface area contributed by atoms with Gasteiger partial charge in [0.05, 0.1) is 0 Å². The molecule has 0 saturated heterocycles. The van der Waals surface area contributed by atoms with Gasteiger partial charge in [-0.3, -0.25) is 0 Å². The molecule has 0 saturated carbocycles. The van der Waals surface area contributed by atoms with Crippen molar-refractivity contribution in [3.05, 3.63) is 59.1 Å². The van der Waals surface area contributed by atoms with E-state index in [-0.39, 0.29) is 5.82 Å². The van der Waals surface area contributed by atoms with E-state index in [1.807, 2.05) is 6.07 Å². The van der Waals surface area contributed by atoms with Crippen LogP contribution in [0.15, 0.2) is 42.6 Å². The van der Waals surface area contributed by atoms with Crippen molar-refractivity contribution in [3.8, 4) is 0 Å². The second-order valence-electron chi connectivity index (χ2n) is 3.35. The summed E-state index contributed by atoms with van der Waals surface area (Å²) in [6, 6.07) is 9.93. The zero-order valence-electron chi connectivity index (χ0n) is 8.45. The number of rotatable bonds is 3. The molecule has 2 rings (SSSR count). The topological polar surface area (TPSA) is 24.9 Å². The van der Waals surface area contributed by atoms with Crippen LogP contribution in [-0.2, 0) is 6.54 Å². The summed E-state index contributed by atoms with van der Waals surface area (Å²) in [6.45, 7) is 0.626. The van der Waals surface area contributed by atoms with Gasteiger partial charge >= 0.3 is 0 Å². The Bertz CT molecular complexity index is 471. The molecule has 0 bridgehead atoms. The number of pyridine rings is 1. The van der Waals surface area contributed by atoms with Crippen molar-refractivity contribution in [1.82, 2.24) is 4.98 Å². The summed E-state index contributed by atoms with van der Waals surface area (Å²) in [4.78, 5) is 3.88. The first-order valence-electron chi connectivity index (χ1n) is 4.84. The molecule has 0 aliphatic carbocycles. The molecular formula is C12H10ClFN2. The van der Waals surface area contributed by atoms with Crippen molar-refractivity contribution in [1.29, 1.82) is 0 Å². The van der Waals surface area contributed by atoms with E-state index in [0.29, 0.717) is 11.7 Å². The molecule has 0 spiro atoms. The average Bonchev–Trinajstić information content (AvgIpc) is 2.28. The van der Waals surface area contributed by atoms with Crippen LogP contribution in [0.1, 0.15) is 5.56 Å². The van der Waals surface area contributed by atoms with E-state index in [4.69, 9.17) is 11.6 Å². The number of halogens is 2. The van der Waals surface area contributed by atoms with Crippen molar-refractivity contribution in [2.24, 2.45) is 0 Å². The molecule has 1 aromatic heterocycles. The molecule has 2 nitrogen and oxygen atoms in total. The number of anilines is 1. The van der Waals surface area contributed by atoms with E-state index >= 15 is 0 Å². The van der Waals surface area contributed by atoms with Crippen LogP contribution in [0, 0.1) is 5.82 Å². The Kier molecular flexibility index (Phi) is 3.37. The Labute approximate surface area is 98.1 Å². The van der Waals surface area contributed by atoms with Gasteiger partial charge in [-0.1, -0.05) is 23.7 Å². The Morgan fingerprint density at radius 1 is 1.19 bits per heavy atom. The number of benzene rings is 1. The summed E-state index contributed by atoms with van der Waals surface area (Å²) in [6.07, 6.45) is 1.63. The summed E-state index contributed by atoms with van der Waals surface area (Å²) >= 11 is 5.75. The van der Waals surface area contributed by atoms with Crippen LogP contribution in [0.5, 0.6) is 0 Å². The predicted octanol–water partition coefficient (Wildman–Crippen LogP) is 3.49. The van der Waals surface area contributed by atoms with Gasteiger partial charge in [0, 0.05) is 18.4 Å². The van der Waals surface area contributed by atoms with Crippen molar-refractivity contribution >= 4 is 17.3 Å². The average molecular weight is 237 g/mol. The molecule has 1 N–H and O–H groups in total. The molecule has 1 aromatic carbocycles. The van der Waals surface area contributed by atoms with E-state index in [2.05, 4.69) is 10.3 Å². The Morgan fingerprint density at radius 2 is 1.94 bits per heavy atom. The lowest BCUT2D eigenvalue weighted by Gasteiger charge is -2.06. The number of hydrogen-bond donors (Lipinski definition) is 1. The maximum Gasteiger partial charge on any atom is 0.131 e. The van der Waals surface area contributed by atoms with Crippen LogP contribution >= 0.6 is 11.6 Å². The maximum absolute atomic E-state index is 12.7. The van der Waals surface area contributed by atoms with Gasteiger partial charge in [-0.15, -0.1) is 0 Å². The molecule has 0 radical (unpaired) electrons. The molecule has 0 aliphatic rings. The zero-order valence-corrected chi connectivity index (χ0v) is 9.21. The van der Waals surface area contributed by atoms with E-state index < -0.39 is 0 Å². The Morgan fingerprint density at radius 3 is 2.62 bits per heavy atom. The molecule has 2 aromatic rings. The van der Waals surface area contributed by atoms with E-state index in [1.165, 1.54) is 12.1 Å². The smallest absolute Gasteiger partial charge is 0.131 e. The van der Waals surface area contributed by atoms with Gasteiger partial charge < -0.3 is 5.32 Å². The molecule has 82 valence electrons. The van der Waals surface area contributed by atoms with Crippen LogP contribution < -0.4 is 5.32 Å². The highest BCUT2D eigenvalue weighted by Gasteiger charge is 1.96. The van der Waals surface area contributed by atoms with Crippen molar-refractivity contribution < 1.29 is 4.39 Å². The molecule has 16 heavy (non-hydrogen) atoms. The lowest BCUT2D eigenvalue weighted by atomic mass is 10.2. The van der Waals surface area contributed by atoms with E-state index in [0.717, 1.165) is 11.3 Å². The van der Waals surface area contributed by atoms with Gasteiger partial charge in [0.25, 0.3) is 0 Å².